The van der Waals surface area contributed by atoms with Crippen LogP contribution in [0.2, 0.25) is 0 Å². The number of amides is 1. The molecular formula is C20H20F3NO5. The molecule has 1 aromatic carbocycles. The first-order chi connectivity index (χ1) is 13.6. The van der Waals surface area contributed by atoms with Crippen LogP contribution < -0.4 is 0 Å². The standard InChI is InChI=1S/C20H20F3NO5/c1-12-9-24(10-13(2)28-12)18(25)11-27-19(26)17-7-6-16(29-17)14-4-3-5-15(8-14)20(21,22)23/h3-8,12-13H,9-11H2,1-2H3/t12-,13-/m1/s1. The topological polar surface area (TPSA) is 69.0 Å². The van der Waals surface area contributed by atoms with E-state index in [-0.39, 0.29) is 35.2 Å². The number of hydrogen-bond donors (Lipinski definition) is 0. The molecule has 2 atom stereocenters. The maximum absolute atomic E-state index is 12.8. The highest BCUT2D eigenvalue weighted by molar-refractivity contribution is 5.89. The third kappa shape index (κ3) is 5.17. The molecule has 1 aliphatic heterocycles. The van der Waals surface area contributed by atoms with Gasteiger partial charge in [-0.1, -0.05) is 12.1 Å². The van der Waals surface area contributed by atoms with Crippen LogP contribution in [0.5, 0.6) is 0 Å². The highest BCUT2D eigenvalue weighted by atomic mass is 19.4. The molecule has 1 aromatic heterocycles. The molecule has 0 aliphatic carbocycles. The number of carbonyl (C=O) groups excluding carboxylic acids is 2. The van der Waals surface area contributed by atoms with Crippen molar-refractivity contribution in [2.24, 2.45) is 0 Å². The number of nitrogens with zero attached hydrogens (tertiary/aromatic N) is 1. The smallest absolute Gasteiger partial charge is 0.416 e. The van der Waals surface area contributed by atoms with Gasteiger partial charge in [0.25, 0.3) is 5.91 Å². The minimum absolute atomic E-state index is 0.0882. The van der Waals surface area contributed by atoms with Crippen molar-refractivity contribution in [2.75, 3.05) is 19.7 Å². The van der Waals surface area contributed by atoms with Crippen LogP contribution in [-0.2, 0) is 20.4 Å². The van der Waals surface area contributed by atoms with Crippen LogP contribution in [0.4, 0.5) is 13.2 Å². The number of rotatable bonds is 4. The van der Waals surface area contributed by atoms with Crippen molar-refractivity contribution in [2.45, 2.75) is 32.2 Å². The molecule has 0 unspecified atom stereocenters. The summed E-state index contributed by atoms with van der Waals surface area (Å²) < 4.78 is 54.4. The maximum atomic E-state index is 12.8. The van der Waals surface area contributed by atoms with Gasteiger partial charge in [0, 0.05) is 18.7 Å². The molecule has 1 amide bonds. The Morgan fingerprint density at radius 1 is 1.14 bits per heavy atom. The fraction of sp³-hybridized carbons (Fsp3) is 0.400. The molecule has 0 saturated carbocycles. The van der Waals surface area contributed by atoms with Gasteiger partial charge in [-0.3, -0.25) is 4.79 Å². The molecule has 0 spiro atoms. The fourth-order valence-corrected chi connectivity index (χ4v) is 3.12. The summed E-state index contributed by atoms with van der Waals surface area (Å²) in [6.45, 7) is 4.04. The van der Waals surface area contributed by atoms with Crippen LogP contribution >= 0.6 is 0 Å². The van der Waals surface area contributed by atoms with Crippen molar-refractivity contribution >= 4 is 11.9 Å². The van der Waals surface area contributed by atoms with Crippen molar-refractivity contribution in [3.05, 3.63) is 47.7 Å². The minimum atomic E-state index is -4.49. The van der Waals surface area contributed by atoms with Gasteiger partial charge in [0.1, 0.15) is 5.76 Å². The Labute approximate surface area is 165 Å². The molecule has 156 valence electrons. The summed E-state index contributed by atoms with van der Waals surface area (Å²) in [5.41, 5.74) is -0.652. The molecule has 2 aromatic rings. The molecule has 0 N–H and O–H groups in total. The van der Waals surface area contributed by atoms with Crippen molar-refractivity contribution in [3.8, 4) is 11.3 Å². The molecule has 6 nitrogen and oxygen atoms in total. The third-order valence-electron chi connectivity index (χ3n) is 4.38. The molecule has 0 bridgehead atoms. The Morgan fingerprint density at radius 3 is 2.48 bits per heavy atom. The van der Waals surface area contributed by atoms with Crippen molar-refractivity contribution < 1.29 is 36.7 Å². The number of hydrogen-bond acceptors (Lipinski definition) is 5. The van der Waals surface area contributed by atoms with Gasteiger partial charge in [-0.2, -0.15) is 13.2 Å². The van der Waals surface area contributed by atoms with Gasteiger partial charge in [-0.25, -0.2) is 4.79 Å². The monoisotopic (exact) mass is 411 g/mol. The van der Waals surface area contributed by atoms with E-state index in [0.717, 1.165) is 12.1 Å². The summed E-state index contributed by atoms with van der Waals surface area (Å²) in [4.78, 5) is 25.9. The Balaban J connectivity index is 1.62. The summed E-state index contributed by atoms with van der Waals surface area (Å²) >= 11 is 0. The first-order valence-electron chi connectivity index (χ1n) is 9.01. The predicted octanol–water partition coefficient (Wildman–Crippen LogP) is 3.76. The van der Waals surface area contributed by atoms with Crippen LogP contribution in [0.3, 0.4) is 0 Å². The molecule has 0 radical (unpaired) electrons. The summed E-state index contributed by atoms with van der Waals surface area (Å²) in [5.74, 6) is -1.34. The van der Waals surface area contributed by atoms with E-state index in [4.69, 9.17) is 13.9 Å². The molecule has 29 heavy (non-hydrogen) atoms. The van der Waals surface area contributed by atoms with E-state index in [0.29, 0.717) is 13.1 Å². The fourth-order valence-electron chi connectivity index (χ4n) is 3.12. The van der Waals surface area contributed by atoms with Crippen molar-refractivity contribution in [1.82, 2.24) is 4.90 Å². The molecule has 2 heterocycles. The van der Waals surface area contributed by atoms with E-state index in [1.165, 1.54) is 24.3 Å². The average Bonchev–Trinajstić information content (AvgIpc) is 3.15. The molecule has 3 rings (SSSR count). The van der Waals surface area contributed by atoms with E-state index >= 15 is 0 Å². The number of halogens is 3. The van der Waals surface area contributed by atoms with Gasteiger partial charge in [0.15, 0.2) is 6.61 Å². The van der Waals surface area contributed by atoms with Gasteiger partial charge in [-0.05, 0) is 38.1 Å². The second-order valence-corrected chi connectivity index (χ2v) is 6.87. The highest BCUT2D eigenvalue weighted by Crippen LogP contribution is 2.32. The van der Waals surface area contributed by atoms with Crippen LogP contribution in [0.1, 0.15) is 30.0 Å². The molecular weight excluding hydrogens is 391 g/mol. The molecule has 9 heteroatoms. The Hall–Kier alpha value is -2.81. The molecule has 1 saturated heterocycles. The predicted molar refractivity (Wildman–Crippen MR) is 96.0 cm³/mol. The Morgan fingerprint density at radius 2 is 1.83 bits per heavy atom. The first kappa shape index (κ1) is 20.9. The second kappa shape index (κ2) is 8.28. The lowest BCUT2D eigenvalue weighted by Crippen LogP contribution is -2.49. The van der Waals surface area contributed by atoms with Crippen molar-refractivity contribution in [1.29, 1.82) is 0 Å². The number of benzene rings is 1. The summed E-state index contributed by atoms with van der Waals surface area (Å²) in [6, 6.07) is 7.23. The molecule has 1 fully saturated rings. The number of alkyl halides is 3. The largest absolute Gasteiger partial charge is 0.450 e. The summed E-state index contributed by atoms with van der Waals surface area (Å²) in [5, 5.41) is 0. The second-order valence-electron chi connectivity index (χ2n) is 6.87. The van der Waals surface area contributed by atoms with Gasteiger partial charge >= 0.3 is 12.1 Å². The SMILES string of the molecule is C[C@@H]1CN(C(=O)COC(=O)c2ccc(-c3cccc(C(F)(F)F)c3)o2)C[C@@H](C)O1. The minimum Gasteiger partial charge on any atom is -0.450 e. The first-order valence-corrected chi connectivity index (χ1v) is 9.01. The number of morpholine rings is 1. The Bertz CT molecular complexity index is 882. The van der Waals surface area contributed by atoms with Gasteiger partial charge in [0.2, 0.25) is 5.76 Å². The van der Waals surface area contributed by atoms with Gasteiger partial charge < -0.3 is 18.8 Å². The lowest BCUT2D eigenvalue weighted by Gasteiger charge is -2.35. The van der Waals surface area contributed by atoms with Crippen molar-refractivity contribution in [3.63, 3.8) is 0 Å². The van der Waals surface area contributed by atoms with Crippen LogP contribution in [0.15, 0.2) is 40.8 Å². The Kier molecular flexibility index (Phi) is 5.97. The lowest BCUT2D eigenvalue weighted by atomic mass is 10.1. The zero-order chi connectivity index (χ0) is 21.2. The number of ether oxygens (including phenoxy) is 2. The summed E-state index contributed by atoms with van der Waals surface area (Å²) in [6.07, 6.45) is -4.71. The number of esters is 1. The van der Waals surface area contributed by atoms with Crippen LogP contribution in [-0.4, -0.2) is 48.7 Å². The summed E-state index contributed by atoms with van der Waals surface area (Å²) in [7, 11) is 0. The van der Waals surface area contributed by atoms with E-state index in [9.17, 15) is 22.8 Å². The quantitative estimate of drug-likeness (QED) is 0.717. The number of carbonyl (C=O) groups is 2. The third-order valence-corrected chi connectivity index (χ3v) is 4.38. The number of furan rings is 1. The lowest BCUT2D eigenvalue weighted by molar-refractivity contribution is -0.146. The van der Waals surface area contributed by atoms with E-state index in [1.807, 2.05) is 13.8 Å². The maximum Gasteiger partial charge on any atom is 0.416 e. The molecule has 1 aliphatic rings. The van der Waals surface area contributed by atoms with Crippen LogP contribution in [0.25, 0.3) is 11.3 Å². The zero-order valence-corrected chi connectivity index (χ0v) is 15.9. The average molecular weight is 411 g/mol. The van der Waals surface area contributed by atoms with E-state index in [2.05, 4.69) is 0 Å². The van der Waals surface area contributed by atoms with Crippen LogP contribution in [0, 0.1) is 0 Å². The highest BCUT2D eigenvalue weighted by Gasteiger charge is 2.31. The van der Waals surface area contributed by atoms with Gasteiger partial charge in [-0.15, -0.1) is 0 Å². The normalized spacial score (nSPS) is 19.8. The van der Waals surface area contributed by atoms with E-state index < -0.39 is 24.3 Å². The van der Waals surface area contributed by atoms with Gasteiger partial charge in [0.05, 0.1) is 17.8 Å². The zero-order valence-electron chi connectivity index (χ0n) is 15.9. The van der Waals surface area contributed by atoms with E-state index in [1.54, 1.807) is 4.90 Å².